The number of aliphatic hydroxyl groups excluding tert-OH is 1. The number of benzene rings is 2. The van der Waals surface area contributed by atoms with Crippen molar-refractivity contribution in [3.8, 4) is 0 Å². The standard InChI is InChI=1S/C16H18N2O2/c1-16(12-19,13-8-4-2-5-9-13)18-15(20)17-14-10-6-3-7-11-14/h2-11,19H,12H2,1H3,(H2,17,18,20). The Kier molecular flexibility index (Phi) is 4.38. The SMILES string of the molecule is CC(CO)(NC(=O)Nc1ccccc1)c1ccccc1. The van der Waals surface area contributed by atoms with Gasteiger partial charge in [0.25, 0.3) is 0 Å². The third-order valence-corrected chi connectivity index (χ3v) is 3.15. The quantitative estimate of drug-likeness (QED) is 0.800. The summed E-state index contributed by atoms with van der Waals surface area (Å²) >= 11 is 0. The molecule has 0 bridgehead atoms. The summed E-state index contributed by atoms with van der Waals surface area (Å²) in [7, 11) is 0. The molecule has 0 fully saturated rings. The summed E-state index contributed by atoms with van der Waals surface area (Å²) < 4.78 is 0. The minimum Gasteiger partial charge on any atom is -0.394 e. The van der Waals surface area contributed by atoms with Crippen LogP contribution in [-0.4, -0.2) is 17.7 Å². The summed E-state index contributed by atoms with van der Waals surface area (Å²) in [6.07, 6.45) is 0. The zero-order valence-corrected chi connectivity index (χ0v) is 11.3. The van der Waals surface area contributed by atoms with Gasteiger partial charge in [0.1, 0.15) is 0 Å². The molecule has 2 aromatic carbocycles. The largest absolute Gasteiger partial charge is 0.394 e. The highest BCUT2D eigenvalue weighted by molar-refractivity contribution is 5.89. The molecule has 104 valence electrons. The van der Waals surface area contributed by atoms with E-state index in [-0.39, 0.29) is 12.6 Å². The van der Waals surface area contributed by atoms with Gasteiger partial charge in [0.05, 0.1) is 12.1 Å². The van der Waals surface area contributed by atoms with E-state index in [0.29, 0.717) is 5.69 Å². The first-order chi connectivity index (χ1) is 9.64. The van der Waals surface area contributed by atoms with Crippen LogP contribution in [-0.2, 0) is 5.54 Å². The average molecular weight is 270 g/mol. The number of urea groups is 1. The van der Waals surface area contributed by atoms with Crippen LogP contribution in [0, 0.1) is 0 Å². The molecule has 0 aliphatic heterocycles. The summed E-state index contributed by atoms with van der Waals surface area (Å²) in [6.45, 7) is 1.60. The van der Waals surface area contributed by atoms with E-state index in [4.69, 9.17) is 0 Å². The molecule has 3 N–H and O–H groups in total. The third-order valence-electron chi connectivity index (χ3n) is 3.15. The minimum atomic E-state index is -0.819. The van der Waals surface area contributed by atoms with Crippen LogP contribution in [0.2, 0.25) is 0 Å². The predicted octanol–water partition coefficient (Wildman–Crippen LogP) is 2.72. The van der Waals surface area contributed by atoms with Crippen LogP contribution in [0.1, 0.15) is 12.5 Å². The fraction of sp³-hybridized carbons (Fsp3) is 0.188. The molecule has 0 radical (unpaired) electrons. The van der Waals surface area contributed by atoms with Crippen molar-refractivity contribution in [2.24, 2.45) is 0 Å². The van der Waals surface area contributed by atoms with Gasteiger partial charge in [-0.25, -0.2) is 4.79 Å². The van der Waals surface area contributed by atoms with Crippen molar-refractivity contribution in [3.63, 3.8) is 0 Å². The molecule has 2 aromatic rings. The van der Waals surface area contributed by atoms with Crippen molar-refractivity contribution in [2.45, 2.75) is 12.5 Å². The highest BCUT2D eigenvalue weighted by Crippen LogP contribution is 2.20. The first-order valence-corrected chi connectivity index (χ1v) is 6.45. The van der Waals surface area contributed by atoms with E-state index in [1.807, 2.05) is 48.5 Å². The van der Waals surface area contributed by atoms with Crippen LogP contribution >= 0.6 is 0 Å². The van der Waals surface area contributed by atoms with E-state index in [9.17, 15) is 9.90 Å². The molecule has 4 nitrogen and oxygen atoms in total. The van der Waals surface area contributed by atoms with Gasteiger partial charge in [-0.05, 0) is 24.6 Å². The van der Waals surface area contributed by atoms with Crippen LogP contribution in [0.3, 0.4) is 0 Å². The van der Waals surface area contributed by atoms with Crippen LogP contribution in [0.25, 0.3) is 0 Å². The van der Waals surface area contributed by atoms with Crippen molar-refractivity contribution in [1.82, 2.24) is 5.32 Å². The Balaban J connectivity index is 2.08. The minimum absolute atomic E-state index is 0.181. The predicted molar refractivity (Wildman–Crippen MR) is 79.5 cm³/mol. The number of hydrogen-bond acceptors (Lipinski definition) is 2. The fourth-order valence-corrected chi connectivity index (χ4v) is 1.94. The molecule has 0 aliphatic carbocycles. The fourth-order valence-electron chi connectivity index (χ4n) is 1.94. The van der Waals surface area contributed by atoms with E-state index in [0.717, 1.165) is 5.56 Å². The van der Waals surface area contributed by atoms with E-state index in [2.05, 4.69) is 10.6 Å². The monoisotopic (exact) mass is 270 g/mol. The van der Waals surface area contributed by atoms with Gasteiger partial charge in [0.15, 0.2) is 0 Å². The van der Waals surface area contributed by atoms with Gasteiger partial charge in [0.2, 0.25) is 0 Å². The molecule has 4 heteroatoms. The van der Waals surface area contributed by atoms with Gasteiger partial charge in [-0.2, -0.15) is 0 Å². The maximum absolute atomic E-state index is 12.0. The molecule has 20 heavy (non-hydrogen) atoms. The highest BCUT2D eigenvalue weighted by atomic mass is 16.3. The second-order valence-corrected chi connectivity index (χ2v) is 4.80. The number of carbonyl (C=O) groups is 1. The molecule has 0 spiro atoms. The first-order valence-electron chi connectivity index (χ1n) is 6.45. The van der Waals surface area contributed by atoms with Crippen molar-refractivity contribution < 1.29 is 9.90 Å². The molecule has 0 heterocycles. The molecule has 0 saturated heterocycles. The Hall–Kier alpha value is -2.33. The molecule has 0 saturated carbocycles. The van der Waals surface area contributed by atoms with Crippen molar-refractivity contribution in [1.29, 1.82) is 0 Å². The lowest BCUT2D eigenvalue weighted by molar-refractivity contribution is 0.176. The number of anilines is 1. The average Bonchev–Trinajstić information content (AvgIpc) is 2.49. The topological polar surface area (TPSA) is 61.4 Å². The Morgan fingerprint density at radius 1 is 1.05 bits per heavy atom. The molecule has 1 atom stereocenters. The zero-order chi connectivity index (χ0) is 14.4. The normalized spacial score (nSPS) is 13.3. The zero-order valence-electron chi connectivity index (χ0n) is 11.3. The Morgan fingerprint density at radius 3 is 2.15 bits per heavy atom. The van der Waals surface area contributed by atoms with Gasteiger partial charge in [-0.3, -0.25) is 0 Å². The Bertz CT molecular complexity index is 557. The lowest BCUT2D eigenvalue weighted by atomic mass is 9.93. The number of nitrogens with one attached hydrogen (secondary N) is 2. The van der Waals surface area contributed by atoms with E-state index >= 15 is 0 Å². The van der Waals surface area contributed by atoms with Crippen LogP contribution in [0.5, 0.6) is 0 Å². The molecule has 2 rings (SSSR count). The maximum atomic E-state index is 12.0. The van der Waals surface area contributed by atoms with Gasteiger partial charge in [0, 0.05) is 5.69 Å². The van der Waals surface area contributed by atoms with Crippen molar-refractivity contribution in [3.05, 3.63) is 66.2 Å². The Labute approximate surface area is 118 Å². The van der Waals surface area contributed by atoms with Gasteiger partial charge >= 0.3 is 6.03 Å². The first kappa shape index (κ1) is 14.1. The number of para-hydroxylation sites is 1. The van der Waals surface area contributed by atoms with Gasteiger partial charge < -0.3 is 15.7 Å². The molecule has 2 amide bonds. The van der Waals surface area contributed by atoms with Crippen molar-refractivity contribution in [2.75, 3.05) is 11.9 Å². The van der Waals surface area contributed by atoms with E-state index < -0.39 is 5.54 Å². The Morgan fingerprint density at radius 2 is 1.60 bits per heavy atom. The van der Waals surface area contributed by atoms with Gasteiger partial charge in [-0.15, -0.1) is 0 Å². The number of aliphatic hydroxyl groups is 1. The second kappa shape index (κ2) is 6.21. The number of rotatable bonds is 4. The van der Waals surface area contributed by atoms with Crippen LogP contribution < -0.4 is 10.6 Å². The molecule has 0 aliphatic rings. The number of carbonyl (C=O) groups excluding carboxylic acids is 1. The summed E-state index contributed by atoms with van der Waals surface area (Å²) in [4.78, 5) is 12.0. The summed E-state index contributed by atoms with van der Waals surface area (Å²) in [5, 5.41) is 15.2. The number of amides is 2. The van der Waals surface area contributed by atoms with Crippen LogP contribution in [0.4, 0.5) is 10.5 Å². The third kappa shape index (κ3) is 3.36. The lowest BCUT2D eigenvalue weighted by Gasteiger charge is -2.29. The summed E-state index contributed by atoms with van der Waals surface area (Å²) in [5.41, 5.74) is 0.740. The number of hydrogen-bond donors (Lipinski definition) is 3. The summed E-state index contributed by atoms with van der Waals surface area (Å²) in [6, 6.07) is 18.2. The molecule has 1 unspecified atom stereocenters. The van der Waals surface area contributed by atoms with E-state index in [1.54, 1.807) is 19.1 Å². The maximum Gasteiger partial charge on any atom is 0.320 e. The molecular weight excluding hydrogens is 252 g/mol. The van der Waals surface area contributed by atoms with Crippen LogP contribution in [0.15, 0.2) is 60.7 Å². The van der Waals surface area contributed by atoms with Gasteiger partial charge in [-0.1, -0.05) is 48.5 Å². The summed E-state index contributed by atoms with van der Waals surface area (Å²) in [5.74, 6) is 0. The highest BCUT2D eigenvalue weighted by Gasteiger charge is 2.27. The lowest BCUT2D eigenvalue weighted by Crippen LogP contribution is -2.48. The molecular formula is C16H18N2O2. The smallest absolute Gasteiger partial charge is 0.320 e. The van der Waals surface area contributed by atoms with E-state index in [1.165, 1.54) is 0 Å². The van der Waals surface area contributed by atoms with Crippen molar-refractivity contribution >= 4 is 11.7 Å². The molecule has 0 aromatic heterocycles. The second-order valence-electron chi connectivity index (χ2n) is 4.80.